The fourth-order valence-electron chi connectivity index (χ4n) is 7.30. The van der Waals surface area contributed by atoms with Crippen LogP contribution in [0.3, 0.4) is 0 Å². The Labute approximate surface area is 294 Å². The zero-order valence-corrected chi connectivity index (χ0v) is 27.5. The molecule has 10 aromatic rings. The first-order chi connectivity index (χ1) is 25.3. The summed E-state index contributed by atoms with van der Waals surface area (Å²) in [5, 5.41) is 5.56. The Balaban J connectivity index is 1.35. The third kappa shape index (κ3) is 4.86. The van der Waals surface area contributed by atoms with Crippen molar-refractivity contribution in [3.8, 4) is 51.1 Å². The van der Waals surface area contributed by atoms with Gasteiger partial charge in [-0.3, -0.25) is 0 Å². The number of nitrogens with zero attached hydrogens (tertiary/aromatic N) is 5. The fourth-order valence-corrected chi connectivity index (χ4v) is 7.30. The van der Waals surface area contributed by atoms with Crippen LogP contribution in [0.5, 0.6) is 0 Å². The first kappa shape index (κ1) is 29.0. The van der Waals surface area contributed by atoms with E-state index in [1.54, 1.807) is 0 Å². The number of hydrogen-bond donors (Lipinski definition) is 0. The summed E-state index contributed by atoms with van der Waals surface area (Å²) < 4.78 is 2.36. The Hall–Kier alpha value is -6.98. The van der Waals surface area contributed by atoms with E-state index in [1.807, 2.05) is 66.7 Å². The zero-order valence-electron chi connectivity index (χ0n) is 27.5. The average molecular weight is 652 g/mol. The Morgan fingerprint density at radius 2 is 0.922 bits per heavy atom. The van der Waals surface area contributed by atoms with Crippen molar-refractivity contribution in [1.82, 2.24) is 24.5 Å². The SMILES string of the molecule is c1ccc(-c2nc(-c3ccccc3)nc(-c3cccc4c3c3cc5c(-c6ccccc6)nc6ccccc6c5cc3n4-c3ccccc3)n2)cc1. The predicted octanol–water partition coefficient (Wildman–Crippen LogP) is 11.3. The summed E-state index contributed by atoms with van der Waals surface area (Å²) >= 11 is 0. The number of benzene rings is 7. The molecule has 0 N–H and O–H groups in total. The van der Waals surface area contributed by atoms with Gasteiger partial charge in [-0.05, 0) is 41.8 Å². The second-order valence-corrected chi connectivity index (χ2v) is 12.7. The molecular weight excluding hydrogens is 623 g/mol. The summed E-state index contributed by atoms with van der Waals surface area (Å²) in [5.41, 5.74) is 9.09. The van der Waals surface area contributed by atoms with Crippen LogP contribution in [0, 0.1) is 0 Å². The quantitative estimate of drug-likeness (QED) is 0.174. The van der Waals surface area contributed by atoms with E-state index in [1.165, 1.54) is 0 Å². The Bertz CT molecular complexity index is 2830. The molecule has 0 aliphatic heterocycles. The minimum atomic E-state index is 0.625. The van der Waals surface area contributed by atoms with Crippen LogP contribution in [0.15, 0.2) is 176 Å². The zero-order chi connectivity index (χ0) is 33.7. The van der Waals surface area contributed by atoms with Crippen LogP contribution in [0.25, 0.3) is 94.6 Å². The standard InChI is InChI=1S/C46H29N5/c1-5-16-30(17-6-1)43-37-28-38-41(29-36(37)34-24-13-14-26-39(34)47-43)51(33-22-11-4-12-23-33)40-27-15-25-35(42(38)40)46-49-44(31-18-7-2-8-19-31)48-45(50-46)32-20-9-3-10-21-32/h1-29H. The molecule has 0 bridgehead atoms. The number of pyridine rings is 1. The van der Waals surface area contributed by atoms with Crippen molar-refractivity contribution in [2.45, 2.75) is 0 Å². The molecule has 3 heterocycles. The van der Waals surface area contributed by atoms with E-state index < -0.39 is 0 Å². The van der Waals surface area contributed by atoms with E-state index in [4.69, 9.17) is 19.9 Å². The lowest BCUT2D eigenvalue weighted by Crippen LogP contribution is -2.00. The maximum Gasteiger partial charge on any atom is 0.164 e. The fraction of sp³-hybridized carbons (Fsp3) is 0. The molecule has 10 rings (SSSR count). The molecule has 0 amide bonds. The summed E-state index contributed by atoms with van der Waals surface area (Å²) in [4.78, 5) is 20.6. The lowest BCUT2D eigenvalue weighted by molar-refractivity contribution is 1.08. The van der Waals surface area contributed by atoms with E-state index in [-0.39, 0.29) is 0 Å². The molecule has 0 fully saturated rings. The van der Waals surface area contributed by atoms with Crippen molar-refractivity contribution < 1.29 is 0 Å². The van der Waals surface area contributed by atoms with Crippen LogP contribution in [-0.4, -0.2) is 24.5 Å². The van der Waals surface area contributed by atoms with Crippen molar-refractivity contribution in [2.75, 3.05) is 0 Å². The highest BCUT2D eigenvalue weighted by atomic mass is 15.0. The molecule has 5 heteroatoms. The van der Waals surface area contributed by atoms with Crippen molar-refractivity contribution in [3.63, 3.8) is 0 Å². The van der Waals surface area contributed by atoms with Crippen molar-refractivity contribution in [2.24, 2.45) is 0 Å². The predicted molar refractivity (Wildman–Crippen MR) is 209 cm³/mol. The Morgan fingerprint density at radius 3 is 1.59 bits per heavy atom. The molecule has 0 saturated carbocycles. The van der Waals surface area contributed by atoms with E-state index in [0.29, 0.717) is 17.5 Å². The molecule has 0 atom stereocenters. The topological polar surface area (TPSA) is 56.5 Å². The van der Waals surface area contributed by atoms with Gasteiger partial charge in [0.1, 0.15) is 0 Å². The molecule has 238 valence electrons. The minimum absolute atomic E-state index is 0.625. The summed E-state index contributed by atoms with van der Waals surface area (Å²) in [6, 6.07) is 60.9. The van der Waals surface area contributed by atoms with Crippen LogP contribution < -0.4 is 0 Å². The second-order valence-electron chi connectivity index (χ2n) is 12.7. The minimum Gasteiger partial charge on any atom is -0.309 e. The van der Waals surface area contributed by atoms with E-state index >= 15 is 0 Å². The smallest absolute Gasteiger partial charge is 0.164 e. The Morgan fingerprint density at radius 1 is 0.353 bits per heavy atom. The molecule has 7 aromatic carbocycles. The van der Waals surface area contributed by atoms with Gasteiger partial charge in [0.05, 0.1) is 22.2 Å². The maximum absolute atomic E-state index is 5.26. The molecule has 0 spiro atoms. The lowest BCUT2D eigenvalue weighted by Gasteiger charge is -2.12. The molecule has 0 aliphatic carbocycles. The summed E-state index contributed by atoms with van der Waals surface area (Å²) in [6.45, 7) is 0. The first-order valence-corrected chi connectivity index (χ1v) is 17.1. The third-order valence-electron chi connectivity index (χ3n) is 9.61. The average Bonchev–Trinajstić information content (AvgIpc) is 3.54. The van der Waals surface area contributed by atoms with E-state index in [2.05, 4.69) is 114 Å². The van der Waals surface area contributed by atoms with Gasteiger partial charge in [0.15, 0.2) is 17.5 Å². The first-order valence-electron chi connectivity index (χ1n) is 17.1. The van der Waals surface area contributed by atoms with Crippen molar-refractivity contribution >= 4 is 43.5 Å². The van der Waals surface area contributed by atoms with Crippen LogP contribution in [0.2, 0.25) is 0 Å². The van der Waals surface area contributed by atoms with Gasteiger partial charge < -0.3 is 4.57 Å². The van der Waals surface area contributed by atoms with Gasteiger partial charge in [-0.2, -0.15) is 0 Å². The van der Waals surface area contributed by atoms with Gasteiger partial charge >= 0.3 is 0 Å². The summed E-state index contributed by atoms with van der Waals surface area (Å²) in [6.07, 6.45) is 0. The number of hydrogen-bond acceptors (Lipinski definition) is 4. The largest absolute Gasteiger partial charge is 0.309 e. The molecule has 51 heavy (non-hydrogen) atoms. The highest BCUT2D eigenvalue weighted by Gasteiger charge is 2.22. The number of aromatic nitrogens is 5. The van der Waals surface area contributed by atoms with Gasteiger partial charge in [-0.1, -0.05) is 140 Å². The van der Waals surface area contributed by atoms with Gasteiger partial charge in [-0.25, -0.2) is 19.9 Å². The van der Waals surface area contributed by atoms with Gasteiger partial charge in [-0.15, -0.1) is 0 Å². The molecular formula is C46H29N5. The van der Waals surface area contributed by atoms with Crippen LogP contribution in [0.4, 0.5) is 0 Å². The van der Waals surface area contributed by atoms with E-state index in [9.17, 15) is 0 Å². The summed E-state index contributed by atoms with van der Waals surface area (Å²) in [7, 11) is 0. The lowest BCUT2D eigenvalue weighted by atomic mass is 9.97. The van der Waals surface area contributed by atoms with Gasteiger partial charge in [0.25, 0.3) is 0 Å². The van der Waals surface area contributed by atoms with Crippen molar-refractivity contribution in [3.05, 3.63) is 176 Å². The molecule has 0 radical (unpaired) electrons. The molecule has 0 saturated heterocycles. The maximum atomic E-state index is 5.26. The molecule has 3 aromatic heterocycles. The summed E-state index contributed by atoms with van der Waals surface area (Å²) in [5.74, 6) is 1.90. The molecule has 0 unspecified atom stereocenters. The normalized spacial score (nSPS) is 11.5. The molecule has 5 nitrogen and oxygen atoms in total. The highest BCUT2D eigenvalue weighted by Crippen LogP contribution is 2.42. The number of fused-ring (bicyclic) bond motifs is 6. The molecule has 0 aliphatic rings. The van der Waals surface area contributed by atoms with Crippen LogP contribution >= 0.6 is 0 Å². The third-order valence-corrected chi connectivity index (χ3v) is 9.61. The van der Waals surface area contributed by atoms with Gasteiger partial charge in [0, 0.05) is 49.5 Å². The monoisotopic (exact) mass is 651 g/mol. The Kier molecular flexibility index (Phi) is 6.74. The number of rotatable bonds is 5. The second kappa shape index (κ2) is 11.9. The highest BCUT2D eigenvalue weighted by molar-refractivity contribution is 6.22. The van der Waals surface area contributed by atoms with Crippen LogP contribution in [0.1, 0.15) is 0 Å². The van der Waals surface area contributed by atoms with Crippen LogP contribution in [-0.2, 0) is 0 Å². The van der Waals surface area contributed by atoms with Gasteiger partial charge in [0.2, 0.25) is 0 Å². The van der Waals surface area contributed by atoms with Crippen molar-refractivity contribution in [1.29, 1.82) is 0 Å². The number of para-hydroxylation sites is 2. The van der Waals surface area contributed by atoms with E-state index in [0.717, 1.165) is 77.1 Å².